The molecule has 0 aromatic carbocycles. The van der Waals surface area contributed by atoms with Crippen LogP contribution in [0.4, 0.5) is 0 Å². The summed E-state index contributed by atoms with van der Waals surface area (Å²) in [6.45, 7) is 1.21. The SMILES string of the molecule is SC12CCC(CN1)C2. The quantitative estimate of drug-likeness (QED) is 0.465. The van der Waals surface area contributed by atoms with Crippen molar-refractivity contribution >= 4 is 12.6 Å². The van der Waals surface area contributed by atoms with Crippen molar-refractivity contribution < 1.29 is 0 Å². The Bertz CT molecular complexity index is 105. The van der Waals surface area contributed by atoms with Crippen LogP contribution in [0.15, 0.2) is 0 Å². The molecule has 2 aliphatic rings. The van der Waals surface area contributed by atoms with Crippen LogP contribution in [0.1, 0.15) is 19.3 Å². The fourth-order valence-corrected chi connectivity index (χ4v) is 2.27. The van der Waals surface area contributed by atoms with Crippen LogP contribution < -0.4 is 5.32 Å². The zero-order valence-electron chi connectivity index (χ0n) is 4.85. The summed E-state index contributed by atoms with van der Waals surface area (Å²) in [5.74, 6) is 0.951. The lowest BCUT2D eigenvalue weighted by Gasteiger charge is -2.20. The second-order valence-corrected chi connectivity index (χ2v) is 3.88. The van der Waals surface area contributed by atoms with Gasteiger partial charge in [-0.2, -0.15) is 12.6 Å². The Morgan fingerprint density at radius 2 is 2.50 bits per heavy atom. The Hall–Kier alpha value is 0.310. The summed E-state index contributed by atoms with van der Waals surface area (Å²) in [5, 5.41) is 3.40. The molecule has 2 bridgehead atoms. The third-order valence-electron chi connectivity index (χ3n) is 2.31. The van der Waals surface area contributed by atoms with Gasteiger partial charge in [0.15, 0.2) is 0 Å². The van der Waals surface area contributed by atoms with E-state index in [0.717, 1.165) is 5.92 Å². The molecular formula is C6H11NS. The molecule has 2 rings (SSSR count). The van der Waals surface area contributed by atoms with Gasteiger partial charge in [0, 0.05) is 0 Å². The van der Waals surface area contributed by atoms with Crippen molar-refractivity contribution in [2.45, 2.75) is 24.1 Å². The lowest BCUT2D eigenvalue weighted by Crippen LogP contribution is -2.34. The molecule has 0 spiro atoms. The van der Waals surface area contributed by atoms with E-state index in [0.29, 0.717) is 0 Å². The second-order valence-electron chi connectivity index (χ2n) is 3.02. The van der Waals surface area contributed by atoms with Crippen molar-refractivity contribution in [1.29, 1.82) is 0 Å². The number of nitrogens with one attached hydrogen (secondary N) is 1. The third-order valence-corrected chi connectivity index (χ3v) is 2.88. The first-order valence-corrected chi connectivity index (χ1v) is 3.71. The van der Waals surface area contributed by atoms with Gasteiger partial charge in [0.25, 0.3) is 0 Å². The van der Waals surface area contributed by atoms with Crippen LogP contribution in [0.3, 0.4) is 0 Å². The Kier molecular flexibility index (Phi) is 0.910. The molecule has 1 saturated heterocycles. The standard InChI is InChI=1S/C6H11NS/c8-6-2-1-5(3-6)4-7-6/h5,7-8H,1-4H2. The molecule has 1 nitrogen and oxygen atoms in total. The van der Waals surface area contributed by atoms with Gasteiger partial charge in [0.1, 0.15) is 0 Å². The van der Waals surface area contributed by atoms with Crippen molar-refractivity contribution in [3.63, 3.8) is 0 Å². The summed E-state index contributed by atoms with van der Waals surface area (Å²) in [5.41, 5.74) is 0. The minimum atomic E-state index is 0.255. The van der Waals surface area contributed by atoms with Crippen LogP contribution in [0.25, 0.3) is 0 Å². The minimum absolute atomic E-state index is 0.255. The monoisotopic (exact) mass is 129 g/mol. The van der Waals surface area contributed by atoms with Gasteiger partial charge in [-0.15, -0.1) is 0 Å². The highest BCUT2D eigenvalue weighted by Gasteiger charge is 2.41. The zero-order chi connectivity index (χ0) is 5.61. The number of hydrogen-bond acceptors (Lipinski definition) is 2. The summed E-state index contributed by atoms with van der Waals surface area (Å²) in [7, 11) is 0. The Morgan fingerprint density at radius 1 is 1.62 bits per heavy atom. The van der Waals surface area contributed by atoms with Gasteiger partial charge in [-0.05, 0) is 31.7 Å². The largest absolute Gasteiger partial charge is 0.303 e. The normalized spacial score (nSPS) is 52.9. The predicted octanol–water partition coefficient (Wildman–Crippen LogP) is 1.02. The fraction of sp³-hybridized carbons (Fsp3) is 1.00. The Morgan fingerprint density at radius 3 is 2.62 bits per heavy atom. The second kappa shape index (κ2) is 1.42. The number of fused-ring (bicyclic) bond motifs is 2. The third kappa shape index (κ3) is 0.594. The first-order valence-electron chi connectivity index (χ1n) is 3.26. The number of piperidine rings is 1. The van der Waals surface area contributed by atoms with Crippen LogP contribution in [-0.2, 0) is 0 Å². The molecule has 0 aromatic heterocycles. The van der Waals surface area contributed by atoms with Gasteiger partial charge < -0.3 is 5.32 Å². The highest BCUT2D eigenvalue weighted by Crippen LogP contribution is 2.41. The molecule has 2 heteroatoms. The molecule has 2 atom stereocenters. The maximum absolute atomic E-state index is 4.51. The summed E-state index contributed by atoms with van der Waals surface area (Å²) in [4.78, 5) is 0.255. The highest BCUT2D eigenvalue weighted by atomic mass is 32.1. The predicted molar refractivity (Wildman–Crippen MR) is 37.1 cm³/mol. The molecule has 1 saturated carbocycles. The minimum Gasteiger partial charge on any atom is -0.303 e. The Balaban J connectivity index is 2.19. The molecule has 2 unspecified atom stereocenters. The van der Waals surface area contributed by atoms with E-state index in [1.54, 1.807) is 0 Å². The van der Waals surface area contributed by atoms with E-state index >= 15 is 0 Å². The molecule has 0 radical (unpaired) electrons. The molecule has 1 heterocycles. The van der Waals surface area contributed by atoms with Gasteiger partial charge in [-0.25, -0.2) is 0 Å². The summed E-state index contributed by atoms with van der Waals surface area (Å²) < 4.78 is 0. The first-order chi connectivity index (χ1) is 3.79. The van der Waals surface area contributed by atoms with E-state index in [9.17, 15) is 0 Å². The summed E-state index contributed by atoms with van der Waals surface area (Å²) in [6.07, 6.45) is 3.98. The lowest BCUT2D eigenvalue weighted by atomic mass is 10.1. The summed E-state index contributed by atoms with van der Waals surface area (Å²) >= 11 is 4.51. The van der Waals surface area contributed by atoms with Crippen LogP contribution in [0.5, 0.6) is 0 Å². The van der Waals surface area contributed by atoms with Crippen LogP contribution >= 0.6 is 12.6 Å². The smallest absolute Gasteiger partial charge is 0.0618 e. The summed E-state index contributed by atoms with van der Waals surface area (Å²) in [6, 6.07) is 0. The zero-order valence-corrected chi connectivity index (χ0v) is 5.75. The van der Waals surface area contributed by atoms with Gasteiger partial charge in [-0.1, -0.05) is 0 Å². The molecule has 1 N–H and O–H groups in total. The van der Waals surface area contributed by atoms with Gasteiger partial charge in [0.05, 0.1) is 4.87 Å². The molecule has 0 amide bonds. The van der Waals surface area contributed by atoms with Gasteiger partial charge in [0.2, 0.25) is 0 Å². The molecule has 1 aliphatic heterocycles. The first kappa shape index (κ1) is 5.12. The van der Waals surface area contributed by atoms with Crippen molar-refractivity contribution in [2.24, 2.45) is 5.92 Å². The van der Waals surface area contributed by atoms with Gasteiger partial charge in [-0.3, -0.25) is 0 Å². The molecule has 1 aliphatic carbocycles. The number of thiol groups is 1. The molecule has 0 aromatic rings. The van der Waals surface area contributed by atoms with E-state index in [4.69, 9.17) is 0 Å². The van der Waals surface area contributed by atoms with E-state index in [1.807, 2.05) is 0 Å². The van der Waals surface area contributed by atoms with E-state index < -0.39 is 0 Å². The highest BCUT2D eigenvalue weighted by molar-refractivity contribution is 7.81. The molecular weight excluding hydrogens is 118 g/mol. The fourth-order valence-electron chi connectivity index (χ4n) is 1.79. The Labute approximate surface area is 55.3 Å². The average Bonchev–Trinajstić information content (AvgIpc) is 2.21. The maximum Gasteiger partial charge on any atom is 0.0618 e. The van der Waals surface area contributed by atoms with Crippen molar-refractivity contribution in [3.05, 3.63) is 0 Å². The van der Waals surface area contributed by atoms with E-state index in [2.05, 4.69) is 17.9 Å². The van der Waals surface area contributed by atoms with E-state index in [1.165, 1.54) is 25.8 Å². The van der Waals surface area contributed by atoms with Crippen molar-refractivity contribution in [3.8, 4) is 0 Å². The molecule has 8 heavy (non-hydrogen) atoms. The van der Waals surface area contributed by atoms with Crippen molar-refractivity contribution in [2.75, 3.05) is 6.54 Å². The lowest BCUT2D eigenvalue weighted by molar-refractivity contribution is 0.483. The molecule has 46 valence electrons. The van der Waals surface area contributed by atoms with Crippen molar-refractivity contribution in [1.82, 2.24) is 5.32 Å². The van der Waals surface area contributed by atoms with Gasteiger partial charge >= 0.3 is 0 Å². The maximum atomic E-state index is 4.51. The number of rotatable bonds is 0. The van der Waals surface area contributed by atoms with Crippen LogP contribution in [-0.4, -0.2) is 11.4 Å². The topological polar surface area (TPSA) is 12.0 Å². The van der Waals surface area contributed by atoms with E-state index in [-0.39, 0.29) is 4.87 Å². The van der Waals surface area contributed by atoms with Crippen LogP contribution in [0, 0.1) is 5.92 Å². The average molecular weight is 129 g/mol. The number of hydrogen-bond donors (Lipinski definition) is 2. The van der Waals surface area contributed by atoms with Crippen LogP contribution in [0.2, 0.25) is 0 Å². The molecule has 2 fully saturated rings.